The largest absolute Gasteiger partial charge is 0.491 e. The van der Waals surface area contributed by atoms with Gasteiger partial charge in [0.15, 0.2) is 0 Å². The van der Waals surface area contributed by atoms with Crippen molar-refractivity contribution in [3.8, 4) is 11.8 Å². The molecule has 1 heterocycles. The second kappa shape index (κ2) is 8.37. The molecule has 2 N–H and O–H groups in total. The number of benzene rings is 2. The maximum Gasteiger partial charge on any atom is 0.224 e. The van der Waals surface area contributed by atoms with Crippen molar-refractivity contribution in [2.75, 3.05) is 23.4 Å². The second-order valence-electron chi connectivity index (χ2n) is 8.18. The SMILES string of the molecule is CC(=O)N1c2ccc(C#N)cc2C(Nc2cccc(OCCO)c2)C(C)C1C1CC1. The van der Waals surface area contributed by atoms with Gasteiger partial charge in [0.1, 0.15) is 12.4 Å². The molecule has 3 unspecified atom stereocenters. The zero-order valence-electron chi connectivity index (χ0n) is 17.3. The summed E-state index contributed by atoms with van der Waals surface area (Å²) in [6.07, 6.45) is 2.28. The van der Waals surface area contributed by atoms with Crippen LogP contribution in [0.2, 0.25) is 0 Å². The first-order valence-electron chi connectivity index (χ1n) is 10.5. The smallest absolute Gasteiger partial charge is 0.224 e. The van der Waals surface area contributed by atoms with E-state index in [0.29, 0.717) is 17.2 Å². The first kappa shape index (κ1) is 20.2. The van der Waals surface area contributed by atoms with Crippen molar-refractivity contribution in [1.29, 1.82) is 5.26 Å². The van der Waals surface area contributed by atoms with E-state index < -0.39 is 0 Å². The van der Waals surface area contributed by atoms with Gasteiger partial charge in [-0.15, -0.1) is 0 Å². The molecule has 2 aromatic rings. The minimum Gasteiger partial charge on any atom is -0.491 e. The number of rotatable bonds is 6. The Morgan fingerprint density at radius 2 is 2.10 bits per heavy atom. The molecule has 1 saturated carbocycles. The number of ether oxygens (including phenoxy) is 1. The lowest BCUT2D eigenvalue weighted by Gasteiger charge is -2.46. The molecule has 1 aliphatic carbocycles. The number of nitriles is 1. The fraction of sp³-hybridized carbons (Fsp3) is 0.417. The van der Waals surface area contributed by atoms with Crippen LogP contribution >= 0.6 is 0 Å². The van der Waals surface area contributed by atoms with Crippen LogP contribution in [0.1, 0.15) is 43.9 Å². The summed E-state index contributed by atoms with van der Waals surface area (Å²) in [4.78, 5) is 14.6. The van der Waals surface area contributed by atoms with Crippen LogP contribution in [-0.2, 0) is 4.79 Å². The van der Waals surface area contributed by atoms with E-state index in [-0.39, 0.29) is 37.1 Å². The van der Waals surface area contributed by atoms with Gasteiger partial charge in [-0.3, -0.25) is 4.79 Å². The molecular weight excluding hydrogens is 378 g/mol. The number of carbonyl (C=O) groups is 1. The van der Waals surface area contributed by atoms with Crippen LogP contribution < -0.4 is 15.0 Å². The Bertz CT molecular complexity index is 980. The predicted octanol–water partition coefficient (Wildman–Crippen LogP) is 3.86. The highest BCUT2D eigenvalue weighted by atomic mass is 16.5. The molecule has 6 heteroatoms. The molecule has 1 aliphatic heterocycles. The lowest BCUT2D eigenvalue weighted by Crippen LogP contribution is -2.51. The Balaban J connectivity index is 1.74. The lowest BCUT2D eigenvalue weighted by molar-refractivity contribution is -0.117. The van der Waals surface area contributed by atoms with Crippen LogP contribution in [0.3, 0.4) is 0 Å². The molecule has 30 heavy (non-hydrogen) atoms. The summed E-state index contributed by atoms with van der Waals surface area (Å²) in [5.74, 6) is 1.41. The third-order valence-electron chi connectivity index (χ3n) is 6.07. The maximum absolute atomic E-state index is 12.6. The first-order valence-corrected chi connectivity index (χ1v) is 10.5. The molecule has 3 atom stereocenters. The number of carbonyl (C=O) groups excluding carboxylic acids is 1. The maximum atomic E-state index is 12.6. The second-order valence-corrected chi connectivity index (χ2v) is 8.18. The molecule has 1 amide bonds. The number of nitrogens with one attached hydrogen (secondary N) is 1. The van der Waals surface area contributed by atoms with Crippen molar-refractivity contribution in [3.63, 3.8) is 0 Å². The average Bonchev–Trinajstić information content (AvgIpc) is 3.58. The van der Waals surface area contributed by atoms with E-state index in [1.165, 1.54) is 0 Å². The first-order chi connectivity index (χ1) is 14.5. The van der Waals surface area contributed by atoms with Gasteiger partial charge in [-0.05, 0) is 54.7 Å². The van der Waals surface area contributed by atoms with Crippen LogP contribution in [0, 0.1) is 23.2 Å². The molecule has 0 aromatic heterocycles. The zero-order chi connectivity index (χ0) is 21.3. The summed E-state index contributed by atoms with van der Waals surface area (Å²) < 4.78 is 5.55. The summed E-state index contributed by atoms with van der Waals surface area (Å²) in [6.45, 7) is 4.02. The van der Waals surface area contributed by atoms with Gasteiger partial charge >= 0.3 is 0 Å². The van der Waals surface area contributed by atoms with E-state index in [1.807, 2.05) is 41.3 Å². The Morgan fingerprint density at radius 3 is 2.77 bits per heavy atom. The van der Waals surface area contributed by atoms with Crippen molar-refractivity contribution in [2.45, 2.75) is 38.8 Å². The van der Waals surface area contributed by atoms with E-state index >= 15 is 0 Å². The van der Waals surface area contributed by atoms with Crippen molar-refractivity contribution in [1.82, 2.24) is 0 Å². The van der Waals surface area contributed by atoms with E-state index in [4.69, 9.17) is 9.84 Å². The minimum absolute atomic E-state index is 0.0361. The van der Waals surface area contributed by atoms with Crippen LogP contribution in [0.4, 0.5) is 11.4 Å². The van der Waals surface area contributed by atoms with Crippen molar-refractivity contribution >= 4 is 17.3 Å². The summed E-state index contributed by atoms with van der Waals surface area (Å²) >= 11 is 0. The van der Waals surface area contributed by atoms with Crippen LogP contribution in [0.15, 0.2) is 42.5 Å². The van der Waals surface area contributed by atoms with Gasteiger partial charge in [-0.25, -0.2) is 0 Å². The van der Waals surface area contributed by atoms with E-state index in [2.05, 4.69) is 18.3 Å². The Labute approximate surface area is 177 Å². The zero-order valence-corrected chi connectivity index (χ0v) is 17.3. The van der Waals surface area contributed by atoms with E-state index in [0.717, 1.165) is 29.8 Å². The van der Waals surface area contributed by atoms with Gasteiger partial charge in [0, 0.05) is 36.3 Å². The van der Waals surface area contributed by atoms with Crippen molar-refractivity contribution < 1.29 is 14.6 Å². The number of anilines is 2. The summed E-state index contributed by atoms with van der Waals surface area (Å²) in [5, 5.41) is 22.1. The topological polar surface area (TPSA) is 85.6 Å². The highest BCUT2D eigenvalue weighted by Crippen LogP contribution is 2.50. The Morgan fingerprint density at radius 1 is 1.30 bits per heavy atom. The standard InChI is InChI=1S/C24H27N3O3/c1-15-23(26-19-4-3-5-20(13-19)30-11-10-28)21-12-17(14-25)6-9-22(21)27(16(2)29)24(15)18-7-8-18/h3-6,9,12-13,15,18,23-24,26,28H,7-8,10-11H2,1-2H3. The molecule has 156 valence electrons. The van der Waals surface area contributed by atoms with Gasteiger partial charge in [0.25, 0.3) is 0 Å². The molecule has 1 fully saturated rings. The van der Waals surface area contributed by atoms with Crippen LogP contribution in [0.25, 0.3) is 0 Å². The normalized spacial score (nSPS) is 22.7. The van der Waals surface area contributed by atoms with E-state index in [9.17, 15) is 10.1 Å². The molecular formula is C24H27N3O3. The number of amides is 1. The average molecular weight is 405 g/mol. The fourth-order valence-electron chi connectivity index (χ4n) is 4.65. The number of hydrogen-bond acceptors (Lipinski definition) is 5. The number of nitrogens with zero attached hydrogens (tertiary/aromatic N) is 2. The molecule has 0 bridgehead atoms. The number of fused-ring (bicyclic) bond motifs is 1. The molecule has 2 aliphatic rings. The molecule has 0 spiro atoms. The predicted molar refractivity (Wildman–Crippen MR) is 115 cm³/mol. The molecule has 2 aromatic carbocycles. The van der Waals surface area contributed by atoms with E-state index in [1.54, 1.807) is 13.0 Å². The minimum atomic E-state index is -0.0393. The van der Waals surface area contributed by atoms with Gasteiger partial charge < -0.3 is 20.1 Å². The molecule has 6 nitrogen and oxygen atoms in total. The van der Waals surface area contributed by atoms with Gasteiger partial charge in [0.05, 0.1) is 24.3 Å². The highest BCUT2D eigenvalue weighted by molar-refractivity contribution is 5.94. The van der Waals surface area contributed by atoms with Gasteiger partial charge in [-0.1, -0.05) is 13.0 Å². The molecule has 0 saturated heterocycles. The Kier molecular flexibility index (Phi) is 5.65. The fourth-order valence-corrected chi connectivity index (χ4v) is 4.65. The van der Waals surface area contributed by atoms with Gasteiger partial charge in [-0.2, -0.15) is 5.26 Å². The van der Waals surface area contributed by atoms with Crippen LogP contribution in [0.5, 0.6) is 5.75 Å². The lowest BCUT2D eigenvalue weighted by atomic mass is 9.79. The van der Waals surface area contributed by atoms with Crippen molar-refractivity contribution in [3.05, 3.63) is 53.6 Å². The summed E-state index contributed by atoms with van der Waals surface area (Å²) in [7, 11) is 0. The summed E-state index contributed by atoms with van der Waals surface area (Å²) in [6, 6.07) is 15.6. The number of aliphatic hydroxyl groups is 1. The molecule has 0 radical (unpaired) electrons. The van der Waals surface area contributed by atoms with Crippen molar-refractivity contribution in [2.24, 2.45) is 11.8 Å². The third kappa shape index (κ3) is 3.86. The van der Waals surface area contributed by atoms with Gasteiger partial charge in [0.2, 0.25) is 5.91 Å². The highest BCUT2D eigenvalue weighted by Gasteiger charge is 2.47. The number of hydrogen-bond donors (Lipinski definition) is 2. The van der Waals surface area contributed by atoms with Crippen LogP contribution in [-0.4, -0.2) is 30.3 Å². The summed E-state index contributed by atoms with van der Waals surface area (Å²) in [5.41, 5.74) is 3.35. The number of aliphatic hydroxyl groups excluding tert-OH is 1. The third-order valence-corrected chi connectivity index (χ3v) is 6.07. The Hall–Kier alpha value is -3.04. The quantitative estimate of drug-likeness (QED) is 0.762. The monoisotopic (exact) mass is 405 g/mol. The molecule has 4 rings (SSSR count).